The van der Waals surface area contributed by atoms with Crippen molar-refractivity contribution in [2.75, 3.05) is 5.32 Å². The molecule has 1 heterocycles. The van der Waals surface area contributed by atoms with E-state index in [1.54, 1.807) is 0 Å². The Balaban J connectivity index is 2.05. The second-order valence-electron chi connectivity index (χ2n) is 4.56. The summed E-state index contributed by atoms with van der Waals surface area (Å²) in [6.45, 7) is 3.93. The van der Waals surface area contributed by atoms with E-state index in [1.807, 2.05) is 13.8 Å². The van der Waals surface area contributed by atoms with E-state index in [9.17, 15) is 13.6 Å². The van der Waals surface area contributed by atoms with Crippen LogP contribution in [-0.2, 0) is 4.79 Å². The van der Waals surface area contributed by atoms with Gasteiger partial charge in [-0.1, -0.05) is 31.3 Å². The third-order valence-corrected chi connectivity index (χ3v) is 3.70. The molecule has 1 N–H and O–H groups in total. The van der Waals surface area contributed by atoms with E-state index < -0.39 is 17.5 Å². The normalized spacial score (nSPS) is 11.3. The zero-order valence-corrected chi connectivity index (χ0v) is 12.2. The van der Waals surface area contributed by atoms with Crippen LogP contribution in [-0.4, -0.2) is 16.1 Å². The van der Waals surface area contributed by atoms with Gasteiger partial charge in [0.1, 0.15) is 16.6 Å². The average Bonchev–Trinajstić information content (AvgIpc) is 2.87. The molecule has 2 rings (SSSR count). The van der Waals surface area contributed by atoms with Crippen molar-refractivity contribution in [2.24, 2.45) is 0 Å². The number of rotatable bonds is 4. The zero-order valence-electron chi connectivity index (χ0n) is 11.4. The molecule has 0 saturated heterocycles. The van der Waals surface area contributed by atoms with Crippen molar-refractivity contribution in [3.63, 3.8) is 0 Å². The van der Waals surface area contributed by atoms with Gasteiger partial charge in [-0.3, -0.25) is 10.1 Å². The predicted molar refractivity (Wildman–Crippen MR) is 78.0 cm³/mol. The van der Waals surface area contributed by atoms with Crippen molar-refractivity contribution >= 4 is 28.5 Å². The molecule has 0 radical (unpaired) electrons. The van der Waals surface area contributed by atoms with Crippen molar-refractivity contribution in [1.82, 2.24) is 10.2 Å². The highest BCUT2D eigenvalue weighted by Crippen LogP contribution is 2.22. The van der Waals surface area contributed by atoms with E-state index in [0.717, 1.165) is 29.3 Å². The smallest absolute Gasteiger partial charge is 0.250 e. The quantitative estimate of drug-likeness (QED) is 0.878. The molecule has 0 aliphatic rings. The molecule has 0 fully saturated rings. The average molecular weight is 309 g/mol. The minimum atomic E-state index is -0.725. The summed E-state index contributed by atoms with van der Waals surface area (Å²) in [4.78, 5) is 11.7. The topological polar surface area (TPSA) is 54.9 Å². The molecule has 0 bridgehead atoms. The van der Waals surface area contributed by atoms with Gasteiger partial charge in [-0.15, -0.1) is 10.2 Å². The molecule has 0 aliphatic carbocycles. The Bertz CT molecular complexity index is 662. The molecule has 1 aromatic carbocycles. The Morgan fingerprint density at radius 3 is 2.52 bits per heavy atom. The highest BCUT2D eigenvalue weighted by molar-refractivity contribution is 7.15. The molecule has 7 heteroatoms. The lowest BCUT2D eigenvalue weighted by Crippen LogP contribution is -2.07. The van der Waals surface area contributed by atoms with Gasteiger partial charge in [0.15, 0.2) is 0 Å². The number of nitrogens with one attached hydrogen (secondary N) is 1. The lowest BCUT2D eigenvalue weighted by Gasteiger charge is -1.99. The third kappa shape index (κ3) is 3.91. The first-order valence-electron chi connectivity index (χ1n) is 6.24. The molecule has 110 valence electrons. The van der Waals surface area contributed by atoms with E-state index in [0.29, 0.717) is 5.13 Å². The van der Waals surface area contributed by atoms with Crippen LogP contribution in [0.1, 0.15) is 30.3 Å². The van der Waals surface area contributed by atoms with Crippen LogP contribution < -0.4 is 5.32 Å². The number of benzene rings is 1. The number of carbonyl (C=O) groups is 1. The molecule has 4 nitrogen and oxygen atoms in total. The first kappa shape index (κ1) is 15.2. The maximum absolute atomic E-state index is 13.4. The van der Waals surface area contributed by atoms with Crippen molar-refractivity contribution in [2.45, 2.75) is 19.8 Å². The van der Waals surface area contributed by atoms with Gasteiger partial charge in [-0.2, -0.15) is 0 Å². The summed E-state index contributed by atoms with van der Waals surface area (Å²) in [5.74, 6) is -1.76. The molecule has 0 unspecified atom stereocenters. The first-order valence-corrected chi connectivity index (χ1v) is 7.05. The van der Waals surface area contributed by atoms with Crippen LogP contribution >= 0.6 is 11.3 Å². The minimum absolute atomic E-state index is 0.219. The van der Waals surface area contributed by atoms with Gasteiger partial charge >= 0.3 is 0 Å². The molecule has 1 aromatic heterocycles. The van der Waals surface area contributed by atoms with Gasteiger partial charge in [-0.05, 0) is 18.2 Å². The van der Waals surface area contributed by atoms with Crippen LogP contribution in [0.15, 0.2) is 24.3 Å². The lowest BCUT2D eigenvalue weighted by molar-refractivity contribution is -0.111. The number of halogens is 2. The fourth-order valence-corrected chi connectivity index (χ4v) is 2.24. The van der Waals surface area contributed by atoms with Crippen LogP contribution in [0.3, 0.4) is 0 Å². The molecule has 0 aliphatic heterocycles. The number of amides is 1. The number of carbonyl (C=O) groups excluding carboxylic acids is 1. The summed E-state index contributed by atoms with van der Waals surface area (Å²) in [5.41, 5.74) is -0.257. The molecule has 1 amide bonds. The Kier molecular flexibility index (Phi) is 4.74. The molecule has 2 aromatic rings. The van der Waals surface area contributed by atoms with E-state index in [1.165, 1.54) is 17.4 Å². The number of anilines is 1. The van der Waals surface area contributed by atoms with Crippen LogP contribution in [0, 0.1) is 11.6 Å². The van der Waals surface area contributed by atoms with E-state index in [2.05, 4.69) is 15.5 Å². The summed E-state index contributed by atoms with van der Waals surface area (Å²) in [6.07, 6.45) is 2.14. The number of aromatic nitrogens is 2. The van der Waals surface area contributed by atoms with Gasteiger partial charge in [0.25, 0.3) is 0 Å². The Hall–Kier alpha value is -2.15. The van der Waals surface area contributed by atoms with E-state index in [-0.39, 0.29) is 11.5 Å². The lowest BCUT2D eigenvalue weighted by atomic mass is 10.2. The fraction of sp³-hybridized carbons (Fsp3) is 0.214. The van der Waals surface area contributed by atoms with Crippen LogP contribution in [0.5, 0.6) is 0 Å². The van der Waals surface area contributed by atoms with E-state index >= 15 is 0 Å². The number of hydrogen-bond donors (Lipinski definition) is 1. The highest BCUT2D eigenvalue weighted by atomic mass is 32.1. The maximum Gasteiger partial charge on any atom is 0.250 e. The van der Waals surface area contributed by atoms with Crippen molar-refractivity contribution in [3.8, 4) is 0 Å². The van der Waals surface area contributed by atoms with Gasteiger partial charge in [-0.25, -0.2) is 8.78 Å². The second-order valence-corrected chi connectivity index (χ2v) is 5.57. The summed E-state index contributed by atoms with van der Waals surface area (Å²) < 4.78 is 26.8. The monoisotopic (exact) mass is 309 g/mol. The summed E-state index contributed by atoms with van der Waals surface area (Å²) in [5, 5.41) is 11.4. The SMILES string of the molecule is CC(C)c1nnc(NC(=O)C=Cc2c(F)cccc2F)s1. The molecule has 21 heavy (non-hydrogen) atoms. The number of hydrogen-bond acceptors (Lipinski definition) is 4. The van der Waals surface area contributed by atoms with Crippen molar-refractivity contribution in [3.05, 3.63) is 46.5 Å². The Morgan fingerprint density at radius 1 is 1.29 bits per heavy atom. The molecular formula is C14H13F2N3OS. The largest absolute Gasteiger partial charge is 0.297 e. The second kappa shape index (κ2) is 6.53. The van der Waals surface area contributed by atoms with Gasteiger partial charge in [0.2, 0.25) is 11.0 Å². The van der Waals surface area contributed by atoms with Crippen LogP contribution in [0.25, 0.3) is 6.08 Å². The zero-order chi connectivity index (χ0) is 15.4. The van der Waals surface area contributed by atoms with Crippen molar-refractivity contribution in [1.29, 1.82) is 0 Å². The highest BCUT2D eigenvalue weighted by Gasteiger charge is 2.09. The Labute approximate surface area is 124 Å². The fourth-order valence-electron chi connectivity index (χ4n) is 1.49. The maximum atomic E-state index is 13.4. The molecule has 0 atom stereocenters. The van der Waals surface area contributed by atoms with Gasteiger partial charge in [0, 0.05) is 17.6 Å². The van der Waals surface area contributed by atoms with Crippen LogP contribution in [0.2, 0.25) is 0 Å². The standard InChI is InChI=1S/C14H13F2N3OS/c1-8(2)13-18-19-14(21-13)17-12(20)7-6-9-10(15)4-3-5-11(9)16/h3-8H,1-2H3,(H,17,19,20). The first-order chi connectivity index (χ1) is 9.97. The summed E-state index contributed by atoms with van der Waals surface area (Å²) >= 11 is 1.26. The third-order valence-electron chi connectivity index (χ3n) is 2.57. The summed E-state index contributed by atoms with van der Waals surface area (Å²) in [7, 11) is 0. The van der Waals surface area contributed by atoms with Crippen LogP contribution in [0.4, 0.5) is 13.9 Å². The molecule has 0 saturated carbocycles. The van der Waals surface area contributed by atoms with Gasteiger partial charge in [0.05, 0.1) is 0 Å². The van der Waals surface area contributed by atoms with Gasteiger partial charge < -0.3 is 0 Å². The number of nitrogens with zero attached hydrogens (tertiary/aromatic N) is 2. The molecule has 0 spiro atoms. The Morgan fingerprint density at radius 2 is 1.95 bits per heavy atom. The summed E-state index contributed by atoms with van der Waals surface area (Å²) in [6, 6.07) is 3.51. The van der Waals surface area contributed by atoms with Crippen molar-refractivity contribution < 1.29 is 13.6 Å². The van der Waals surface area contributed by atoms with E-state index in [4.69, 9.17) is 0 Å². The molecular weight excluding hydrogens is 296 g/mol. The predicted octanol–water partition coefficient (Wildman–Crippen LogP) is 3.59. The minimum Gasteiger partial charge on any atom is -0.297 e.